The largest absolute Gasteiger partial charge is 0.384 e. The highest BCUT2D eigenvalue weighted by atomic mass is 16.5. The second-order valence-electron chi connectivity index (χ2n) is 5.26. The van der Waals surface area contributed by atoms with E-state index in [4.69, 9.17) is 9.84 Å². The Bertz CT molecular complexity index is 553. The van der Waals surface area contributed by atoms with Gasteiger partial charge in [0.2, 0.25) is 0 Å². The van der Waals surface area contributed by atoms with Crippen LogP contribution < -0.4 is 5.32 Å². The van der Waals surface area contributed by atoms with Gasteiger partial charge in [0.15, 0.2) is 0 Å². The number of carbonyl (C=O) groups excluding carboxylic acids is 1. The van der Waals surface area contributed by atoms with Gasteiger partial charge in [-0.1, -0.05) is 17.9 Å². The quantitative estimate of drug-likeness (QED) is 0.616. The Morgan fingerprint density at radius 2 is 2.29 bits per heavy atom. The van der Waals surface area contributed by atoms with Crippen LogP contribution in [-0.2, 0) is 4.74 Å². The van der Waals surface area contributed by atoms with Crippen molar-refractivity contribution in [2.24, 2.45) is 5.92 Å². The van der Waals surface area contributed by atoms with Crippen LogP contribution >= 0.6 is 0 Å². The van der Waals surface area contributed by atoms with Gasteiger partial charge in [0.1, 0.15) is 6.61 Å². The lowest BCUT2D eigenvalue weighted by Crippen LogP contribution is -2.28. The van der Waals surface area contributed by atoms with Gasteiger partial charge in [0, 0.05) is 24.3 Å². The van der Waals surface area contributed by atoms with E-state index in [1.807, 2.05) is 19.1 Å². The molecule has 1 fully saturated rings. The second-order valence-corrected chi connectivity index (χ2v) is 5.26. The van der Waals surface area contributed by atoms with Crippen molar-refractivity contribution in [1.29, 1.82) is 0 Å². The number of aryl methyl sites for hydroxylation is 1. The van der Waals surface area contributed by atoms with E-state index >= 15 is 0 Å². The van der Waals surface area contributed by atoms with Crippen molar-refractivity contribution in [1.82, 2.24) is 5.32 Å². The summed E-state index contributed by atoms with van der Waals surface area (Å²) in [5, 5.41) is 11.6. The molecule has 0 aromatic heterocycles. The highest BCUT2D eigenvalue weighted by Gasteiger charge is 2.20. The van der Waals surface area contributed by atoms with Crippen LogP contribution in [-0.4, -0.2) is 37.4 Å². The molecule has 112 valence electrons. The maximum Gasteiger partial charge on any atom is 0.251 e. The summed E-state index contributed by atoms with van der Waals surface area (Å²) in [5.41, 5.74) is 2.24. The van der Waals surface area contributed by atoms with Crippen LogP contribution in [0.2, 0.25) is 0 Å². The van der Waals surface area contributed by atoms with Gasteiger partial charge in [-0.25, -0.2) is 0 Å². The van der Waals surface area contributed by atoms with E-state index in [-0.39, 0.29) is 12.5 Å². The number of ether oxygens (including phenoxy) is 1. The van der Waals surface area contributed by atoms with E-state index in [0.717, 1.165) is 23.7 Å². The Kier molecular flexibility index (Phi) is 5.79. The highest BCUT2D eigenvalue weighted by Crippen LogP contribution is 2.28. The van der Waals surface area contributed by atoms with Gasteiger partial charge in [-0.3, -0.25) is 4.79 Å². The molecule has 0 bridgehead atoms. The van der Waals surface area contributed by atoms with Crippen LogP contribution in [0.25, 0.3) is 0 Å². The van der Waals surface area contributed by atoms with E-state index in [1.165, 1.54) is 12.8 Å². The van der Waals surface area contributed by atoms with Crippen LogP contribution in [0, 0.1) is 24.7 Å². The normalized spacial score (nSPS) is 13.4. The predicted octanol–water partition coefficient (Wildman–Crippen LogP) is 1.50. The summed E-state index contributed by atoms with van der Waals surface area (Å²) in [4.78, 5) is 12.1. The number of carbonyl (C=O) groups is 1. The minimum Gasteiger partial charge on any atom is -0.384 e. The molecule has 21 heavy (non-hydrogen) atoms. The summed E-state index contributed by atoms with van der Waals surface area (Å²) in [5.74, 6) is 6.01. The van der Waals surface area contributed by atoms with E-state index in [9.17, 15) is 4.79 Å². The molecule has 0 heterocycles. The number of hydrogen-bond donors (Lipinski definition) is 2. The van der Waals surface area contributed by atoms with Gasteiger partial charge in [-0.2, -0.15) is 0 Å². The minimum atomic E-state index is -0.187. The first-order valence-electron chi connectivity index (χ1n) is 7.27. The van der Waals surface area contributed by atoms with E-state index in [1.54, 1.807) is 6.07 Å². The molecule has 0 spiro atoms. The summed E-state index contributed by atoms with van der Waals surface area (Å²) in [6.07, 6.45) is 2.54. The number of benzene rings is 1. The molecule has 1 saturated carbocycles. The van der Waals surface area contributed by atoms with Crippen LogP contribution in [0.4, 0.5) is 0 Å². The standard InChI is InChI=1S/C17H21NO3/c1-13-4-5-14(3-2-9-19)11-16(13)17(20)18-8-10-21-12-15-6-7-15/h4-5,11,15,19H,6-10,12H2,1H3,(H,18,20). The van der Waals surface area contributed by atoms with Crippen molar-refractivity contribution in [3.63, 3.8) is 0 Å². The highest BCUT2D eigenvalue weighted by molar-refractivity contribution is 5.96. The van der Waals surface area contributed by atoms with Gasteiger partial charge in [0.25, 0.3) is 5.91 Å². The van der Waals surface area contributed by atoms with E-state index in [0.29, 0.717) is 18.7 Å². The first-order valence-corrected chi connectivity index (χ1v) is 7.27. The molecule has 0 radical (unpaired) electrons. The third-order valence-corrected chi connectivity index (χ3v) is 3.38. The number of rotatable bonds is 6. The topological polar surface area (TPSA) is 58.6 Å². The number of amides is 1. The minimum absolute atomic E-state index is 0.116. The third-order valence-electron chi connectivity index (χ3n) is 3.38. The van der Waals surface area contributed by atoms with Crippen LogP contribution in [0.15, 0.2) is 18.2 Å². The molecule has 4 heteroatoms. The maximum atomic E-state index is 12.1. The molecule has 1 amide bonds. The fourth-order valence-corrected chi connectivity index (χ4v) is 1.95. The zero-order valence-corrected chi connectivity index (χ0v) is 12.3. The fraction of sp³-hybridized carbons (Fsp3) is 0.471. The van der Waals surface area contributed by atoms with Crippen LogP contribution in [0.5, 0.6) is 0 Å². The molecule has 0 atom stereocenters. The Hall–Kier alpha value is -1.83. The van der Waals surface area contributed by atoms with Crippen molar-refractivity contribution in [2.45, 2.75) is 19.8 Å². The zero-order chi connectivity index (χ0) is 15.1. The maximum absolute atomic E-state index is 12.1. The molecule has 0 aliphatic heterocycles. The van der Waals surface area contributed by atoms with Crippen molar-refractivity contribution in [3.05, 3.63) is 34.9 Å². The van der Waals surface area contributed by atoms with Gasteiger partial charge in [0.05, 0.1) is 6.61 Å². The summed E-state index contributed by atoms with van der Waals surface area (Å²) in [6.45, 7) is 3.57. The number of aliphatic hydroxyl groups excluding tert-OH is 1. The van der Waals surface area contributed by atoms with Gasteiger partial charge >= 0.3 is 0 Å². The number of hydrogen-bond acceptors (Lipinski definition) is 3. The summed E-state index contributed by atoms with van der Waals surface area (Å²) in [7, 11) is 0. The number of nitrogens with one attached hydrogen (secondary N) is 1. The molecule has 1 aromatic carbocycles. The molecule has 2 N–H and O–H groups in total. The molecule has 2 rings (SSSR count). The molecule has 1 aromatic rings. The first-order chi connectivity index (χ1) is 10.2. The van der Waals surface area contributed by atoms with Gasteiger partial charge in [-0.15, -0.1) is 0 Å². The summed E-state index contributed by atoms with van der Waals surface area (Å²) in [6, 6.07) is 5.45. The monoisotopic (exact) mass is 287 g/mol. The molecule has 1 aliphatic carbocycles. The molecule has 4 nitrogen and oxygen atoms in total. The Morgan fingerprint density at radius 3 is 3.00 bits per heavy atom. The lowest BCUT2D eigenvalue weighted by Gasteiger charge is -2.08. The Labute approximate surface area is 125 Å². The second kappa shape index (κ2) is 7.82. The summed E-state index contributed by atoms with van der Waals surface area (Å²) >= 11 is 0. The van der Waals surface area contributed by atoms with Gasteiger partial charge in [-0.05, 0) is 43.4 Å². The van der Waals surface area contributed by atoms with E-state index < -0.39 is 0 Å². The van der Waals surface area contributed by atoms with E-state index in [2.05, 4.69) is 17.2 Å². The SMILES string of the molecule is Cc1ccc(C#CCO)cc1C(=O)NCCOCC1CC1. The average molecular weight is 287 g/mol. The van der Waals surface area contributed by atoms with Crippen molar-refractivity contribution in [3.8, 4) is 11.8 Å². The predicted molar refractivity (Wildman–Crippen MR) is 81.0 cm³/mol. The van der Waals surface area contributed by atoms with Crippen LogP contribution in [0.1, 0.15) is 34.3 Å². The third kappa shape index (κ3) is 5.22. The Morgan fingerprint density at radius 1 is 1.48 bits per heavy atom. The average Bonchev–Trinajstić information content (AvgIpc) is 3.30. The summed E-state index contributed by atoms with van der Waals surface area (Å²) < 4.78 is 5.49. The molecular weight excluding hydrogens is 266 g/mol. The lowest BCUT2D eigenvalue weighted by atomic mass is 10.0. The molecule has 0 unspecified atom stereocenters. The van der Waals surface area contributed by atoms with Crippen LogP contribution in [0.3, 0.4) is 0 Å². The Balaban J connectivity index is 1.84. The molecule has 1 aliphatic rings. The van der Waals surface area contributed by atoms with Gasteiger partial charge < -0.3 is 15.2 Å². The fourth-order valence-electron chi connectivity index (χ4n) is 1.95. The van der Waals surface area contributed by atoms with Crippen molar-refractivity contribution < 1.29 is 14.6 Å². The molecule has 0 saturated heterocycles. The zero-order valence-electron chi connectivity index (χ0n) is 12.3. The smallest absolute Gasteiger partial charge is 0.251 e. The first kappa shape index (κ1) is 15.6. The lowest BCUT2D eigenvalue weighted by molar-refractivity contribution is 0.0906. The van der Waals surface area contributed by atoms with Crippen molar-refractivity contribution >= 4 is 5.91 Å². The number of aliphatic hydroxyl groups is 1. The molecular formula is C17H21NO3. The van der Waals surface area contributed by atoms with Crippen molar-refractivity contribution in [2.75, 3.05) is 26.4 Å².